The summed E-state index contributed by atoms with van der Waals surface area (Å²) in [5.74, 6) is 0.872. The topological polar surface area (TPSA) is 68.0 Å². The van der Waals surface area contributed by atoms with Gasteiger partial charge in [0.05, 0.1) is 5.54 Å². The number of thiazole rings is 1. The van der Waals surface area contributed by atoms with Gasteiger partial charge in [0, 0.05) is 18.0 Å². The zero-order valence-corrected chi connectivity index (χ0v) is 13.1. The monoisotopic (exact) mass is 283 g/mol. The molecule has 0 aromatic carbocycles. The van der Waals surface area contributed by atoms with Crippen molar-refractivity contribution in [1.82, 2.24) is 10.3 Å². The van der Waals surface area contributed by atoms with E-state index in [1.165, 1.54) is 0 Å². The molecule has 1 atom stereocenters. The first kappa shape index (κ1) is 16.1. The summed E-state index contributed by atoms with van der Waals surface area (Å²) in [6.45, 7) is 8.82. The molecule has 1 aromatic rings. The van der Waals surface area contributed by atoms with Crippen LogP contribution in [0.3, 0.4) is 0 Å². The van der Waals surface area contributed by atoms with Crippen LogP contribution in [0.25, 0.3) is 0 Å². The summed E-state index contributed by atoms with van der Waals surface area (Å²) in [4.78, 5) is 16.4. The van der Waals surface area contributed by atoms with Crippen molar-refractivity contribution in [2.45, 2.75) is 46.1 Å². The second kappa shape index (κ2) is 7.01. The van der Waals surface area contributed by atoms with Crippen LogP contribution in [0.2, 0.25) is 0 Å². The van der Waals surface area contributed by atoms with Gasteiger partial charge in [0.2, 0.25) is 5.91 Å². The van der Waals surface area contributed by atoms with Gasteiger partial charge >= 0.3 is 0 Å². The summed E-state index contributed by atoms with van der Waals surface area (Å²) in [6, 6.07) is 0. The number of aromatic nitrogens is 1. The SMILES string of the molecule is CC(C)CC(CN)CC(=O)NC(C)(C)c1nccs1. The zero-order chi connectivity index (χ0) is 14.5. The quantitative estimate of drug-likeness (QED) is 0.808. The van der Waals surface area contributed by atoms with Crippen molar-refractivity contribution in [3.8, 4) is 0 Å². The molecule has 19 heavy (non-hydrogen) atoms. The number of hydrogen-bond acceptors (Lipinski definition) is 4. The lowest BCUT2D eigenvalue weighted by Gasteiger charge is -2.25. The molecule has 0 bridgehead atoms. The molecule has 108 valence electrons. The molecular weight excluding hydrogens is 258 g/mol. The zero-order valence-electron chi connectivity index (χ0n) is 12.3. The highest BCUT2D eigenvalue weighted by atomic mass is 32.1. The third kappa shape index (κ3) is 5.28. The number of nitrogens with one attached hydrogen (secondary N) is 1. The first-order valence-electron chi connectivity index (χ1n) is 6.76. The minimum Gasteiger partial charge on any atom is -0.345 e. The fraction of sp³-hybridized carbons (Fsp3) is 0.714. The van der Waals surface area contributed by atoms with Gasteiger partial charge in [0.15, 0.2) is 0 Å². The van der Waals surface area contributed by atoms with Crippen molar-refractivity contribution < 1.29 is 4.79 Å². The number of nitrogens with two attached hydrogens (primary N) is 1. The summed E-state index contributed by atoms with van der Waals surface area (Å²) < 4.78 is 0. The number of nitrogens with zero attached hydrogens (tertiary/aromatic N) is 1. The summed E-state index contributed by atoms with van der Waals surface area (Å²) in [5, 5.41) is 5.90. The molecule has 0 fully saturated rings. The molecule has 0 saturated heterocycles. The molecule has 1 amide bonds. The number of rotatable bonds is 7. The molecule has 0 aliphatic rings. The van der Waals surface area contributed by atoms with Crippen molar-refractivity contribution in [3.05, 3.63) is 16.6 Å². The van der Waals surface area contributed by atoms with E-state index in [0.29, 0.717) is 18.9 Å². The van der Waals surface area contributed by atoms with Crippen molar-refractivity contribution >= 4 is 17.2 Å². The van der Waals surface area contributed by atoms with Gasteiger partial charge in [-0.25, -0.2) is 4.98 Å². The van der Waals surface area contributed by atoms with Gasteiger partial charge in [-0.3, -0.25) is 4.79 Å². The third-order valence-electron chi connectivity index (χ3n) is 3.03. The van der Waals surface area contributed by atoms with E-state index in [1.54, 1.807) is 17.5 Å². The second-order valence-electron chi connectivity index (χ2n) is 5.95. The number of carbonyl (C=O) groups is 1. The Morgan fingerprint density at radius 3 is 2.68 bits per heavy atom. The van der Waals surface area contributed by atoms with Gasteiger partial charge in [-0.15, -0.1) is 11.3 Å². The van der Waals surface area contributed by atoms with Crippen LogP contribution in [0.5, 0.6) is 0 Å². The number of hydrogen-bond donors (Lipinski definition) is 2. The van der Waals surface area contributed by atoms with E-state index in [9.17, 15) is 4.79 Å². The van der Waals surface area contributed by atoms with E-state index < -0.39 is 5.54 Å². The fourth-order valence-corrected chi connectivity index (χ4v) is 2.89. The Kier molecular flexibility index (Phi) is 5.94. The molecule has 0 radical (unpaired) electrons. The maximum Gasteiger partial charge on any atom is 0.221 e. The first-order valence-corrected chi connectivity index (χ1v) is 7.64. The lowest BCUT2D eigenvalue weighted by molar-refractivity contribution is -0.123. The molecule has 0 saturated carbocycles. The van der Waals surface area contributed by atoms with Crippen molar-refractivity contribution in [2.75, 3.05) is 6.54 Å². The van der Waals surface area contributed by atoms with Crippen LogP contribution in [0.4, 0.5) is 0 Å². The van der Waals surface area contributed by atoms with Gasteiger partial charge in [0.25, 0.3) is 0 Å². The number of amides is 1. The minimum absolute atomic E-state index is 0.0521. The van der Waals surface area contributed by atoms with Crippen LogP contribution in [-0.4, -0.2) is 17.4 Å². The van der Waals surface area contributed by atoms with Crippen LogP contribution < -0.4 is 11.1 Å². The predicted octanol–water partition coefficient (Wildman–Crippen LogP) is 2.51. The van der Waals surface area contributed by atoms with E-state index in [-0.39, 0.29) is 11.8 Å². The summed E-state index contributed by atoms with van der Waals surface area (Å²) in [5.41, 5.74) is 5.32. The molecule has 1 heterocycles. The van der Waals surface area contributed by atoms with Crippen molar-refractivity contribution in [2.24, 2.45) is 17.6 Å². The first-order chi connectivity index (χ1) is 8.85. The van der Waals surface area contributed by atoms with Gasteiger partial charge < -0.3 is 11.1 Å². The van der Waals surface area contributed by atoms with Crippen molar-refractivity contribution in [1.29, 1.82) is 0 Å². The maximum atomic E-state index is 12.1. The minimum atomic E-state index is -0.414. The molecule has 1 aromatic heterocycles. The van der Waals surface area contributed by atoms with Gasteiger partial charge in [0.1, 0.15) is 5.01 Å². The Hall–Kier alpha value is -0.940. The smallest absolute Gasteiger partial charge is 0.221 e. The van der Waals surface area contributed by atoms with Gasteiger partial charge in [-0.1, -0.05) is 13.8 Å². The average Bonchev–Trinajstić information content (AvgIpc) is 2.80. The van der Waals surface area contributed by atoms with Crippen LogP contribution in [0.15, 0.2) is 11.6 Å². The highest BCUT2D eigenvalue weighted by molar-refractivity contribution is 7.09. The Balaban J connectivity index is 2.54. The second-order valence-corrected chi connectivity index (χ2v) is 6.84. The molecule has 0 spiro atoms. The molecule has 0 aliphatic carbocycles. The van der Waals surface area contributed by atoms with Gasteiger partial charge in [-0.05, 0) is 38.6 Å². The van der Waals surface area contributed by atoms with Crippen LogP contribution in [-0.2, 0) is 10.3 Å². The third-order valence-corrected chi connectivity index (χ3v) is 4.13. The normalized spacial score (nSPS) is 13.6. The van der Waals surface area contributed by atoms with E-state index in [2.05, 4.69) is 24.1 Å². The van der Waals surface area contributed by atoms with Crippen LogP contribution in [0, 0.1) is 11.8 Å². The van der Waals surface area contributed by atoms with Crippen LogP contribution >= 0.6 is 11.3 Å². The Morgan fingerprint density at radius 1 is 1.53 bits per heavy atom. The fourth-order valence-electron chi connectivity index (χ4n) is 2.18. The van der Waals surface area contributed by atoms with E-state index in [0.717, 1.165) is 11.4 Å². The van der Waals surface area contributed by atoms with E-state index in [1.807, 2.05) is 19.2 Å². The van der Waals surface area contributed by atoms with Crippen LogP contribution in [0.1, 0.15) is 45.5 Å². The lowest BCUT2D eigenvalue weighted by Crippen LogP contribution is -2.42. The molecule has 3 N–H and O–H groups in total. The molecule has 0 aliphatic heterocycles. The molecule has 4 nitrogen and oxygen atoms in total. The lowest BCUT2D eigenvalue weighted by atomic mass is 9.93. The van der Waals surface area contributed by atoms with E-state index >= 15 is 0 Å². The predicted molar refractivity (Wildman–Crippen MR) is 79.9 cm³/mol. The van der Waals surface area contributed by atoms with Gasteiger partial charge in [-0.2, -0.15) is 0 Å². The Bertz CT molecular complexity index is 387. The highest BCUT2D eigenvalue weighted by Crippen LogP contribution is 2.23. The number of carbonyl (C=O) groups excluding carboxylic acids is 1. The summed E-state index contributed by atoms with van der Waals surface area (Å²) in [6.07, 6.45) is 3.24. The molecule has 5 heteroatoms. The highest BCUT2D eigenvalue weighted by Gasteiger charge is 2.26. The standard InChI is InChI=1S/C14H25N3OS/c1-10(2)7-11(9-15)8-12(18)17-14(3,4)13-16-5-6-19-13/h5-6,10-11H,7-9,15H2,1-4H3,(H,17,18). The molecule has 1 unspecified atom stereocenters. The molecular formula is C14H25N3OS. The average molecular weight is 283 g/mol. The summed E-state index contributed by atoms with van der Waals surface area (Å²) in [7, 11) is 0. The maximum absolute atomic E-state index is 12.1. The largest absolute Gasteiger partial charge is 0.345 e. The Labute approximate surface area is 119 Å². The Morgan fingerprint density at radius 2 is 2.21 bits per heavy atom. The van der Waals surface area contributed by atoms with Crippen molar-refractivity contribution in [3.63, 3.8) is 0 Å². The van der Waals surface area contributed by atoms with E-state index in [4.69, 9.17) is 5.73 Å². The summed E-state index contributed by atoms with van der Waals surface area (Å²) >= 11 is 1.56. The molecule has 1 rings (SSSR count).